The van der Waals surface area contributed by atoms with E-state index in [1.54, 1.807) is 0 Å². The van der Waals surface area contributed by atoms with E-state index in [-0.39, 0.29) is 0 Å². The van der Waals surface area contributed by atoms with E-state index in [0.717, 1.165) is 6.42 Å². The Bertz CT molecular complexity index is 171. The molecule has 0 radical (unpaired) electrons. The van der Waals surface area contributed by atoms with Crippen molar-refractivity contribution in [1.82, 2.24) is 0 Å². The molecule has 0 spiro atoms. The van der Waals surface area contributed by atoms with Crippen LogP contribution in [0.25, 0.3) is 0 Å². The maximum atomic E-state index is 8.61. The standard InChI is InChI=1S/C14H30O.C10H22/c1-2-3-4-5-6-7-8-9-10-11-12-13-14-15;1-3-5-7-9-10-8-6-4-2/h15H,2-14H2,1H3;3-10H2,1-2H3. The zero-order chi connectivity index (χ0) is 18.8. The van der Waals surface area contributed by atoms with Gasteiger partial charge in [0.2, 0.25) is 0 Å². The van der Waals surface area contributed by atoms with E-state index in [1.807, 2.05) is 0 Å². The normalized spacial score (nSPS) is 10.6. The van der Waals surface area contributed by atoms with E-state index in [4.69, 9.17) is 5.11 Å². The monoisotopic (exact) mass is 356 g/mol. The van der Waals surface area contributed by atoms with Gasteiger partial charge in [0, 0.05) is 6.61 Å². The molecule has 1 N–H and O–H groups in total. The molecule has 25 heavy (non-hydrogen) atoms. The summed E-state index contributed by atoms with van der Waals surface area (Å²) in [5.74, 6) is 0. The van der Waals surface area contributed by atoms with Crippen LogP contribution in [0, 0.1) is 0 Å². The summed E-state index contributed by atoms with van der Waals surface area (Å²) in [6, 6.07) is 0. The molecule has 0 bridgehead atoms. The summed E-state index contributed by atoms with van der Waals surface area (Å²) in [6.45, 7) is 7.18. The summed E-state index contributed by atoms with van der Waals surface area (Å²) in [6.07, 6.45) is 27.7. The van der Waals surface area contributed by atoms with Crippen LogP contribution < -0.4 is 0 Å². The highest BCUT2D eigenvalue weighted by molar-refractivity contribution is 4.48. The van der Waals surface area contributed by atoms with Crippen LogP contribution in [0.15, 0.2) is 0 Å². The summed E-state index contributed by atoms with van der Waals surface area (Å²) >= 11 is 0. The lowest BCUT2D eigenvalue weighted by Gasteiger charge is -2.01. The van der Waals surface area contributed by atoms with Crippen LogP contribution in [-0.4, -0.2) is 11.7 Å². The fourth-order valence-electron chi connectivity index (χ4n) is 3.16. The third kappa shape index (κ3) is 32.1. The van der Waals surface area contributed by atoms with E-state index in [9.17, 15) is 0 Å². The Labute approximate surface area is 161 Å². The molecule has 0 aliphatic carbocycles. The second-order valence-corrected chi connectivity index (χ2v) is 7.73. The number of aliphatic hydroxyl groups is 1. The van der Waals surface area contributed by atoms with Gasteiger partial charge in [0.1, 0.15) is 0 Å². The van der Waals surface area contributed by atoms with Gasteiger partial charge in [0.05, 0.1) is 0 Å². The maximum Gasteiger partial charge on any atom is 0.0431 e. The number of hydrogen-bond donors (Lipinski definition) is 1. The predicted octanol–water partition coefficient (Wildman–Crippen LogP) is 8.83. The Morgan fingerprint density at radius 1 is 0.320 bits per heavy atom. The smallest absolute Gasteiger partial charge is 0.0431 e. The molecular weight excluding hydrogens is 304 g/mol. The molecule has 0 amide bonds. The second-order valence-electron chi connectivity index (χ2n) is 7.73. The fraction of sp³-hybridized carbons (Fsp3) is 1.00. The first-order valence-corrected chi connectivity index (χ1v) is 11.9. The minimum atomic E-state index is 0.372. The Balaban J connectivity index is 0. The van der Waals surface area contributed by atoms with Crippen molar-refractivity contribution in [2.24, 2.45) is 0 Å². The molecule has 0 rings (SSSR count). The molecule has 0 heterocycles. The number of aliphatic hydroxyl groups excluding tert-OH is 1. The van der Waals surface area contributed by atoms with Crippen molar-refractivity contribution >= 4 is 0 Å². The van der Waals surface area contributed by atoms with E-state index in [1.165, 1.54) is 122 Å². The van der Waals surface area contributed by atoms with Gasteiger partial charge in [-0.15, -0.1) is 0 Å². The highest BCUT2D eigenvalue weighted by Crippen LogP contribution is 2.11. The van der Waals surface area contributed by atoms with Gasteiger partial charge in [-0.3, -0.25) is 0 Å². The van der Waals surface area contributed by atoms with E-state index in [0.29, 0.717) is 6.61 Å². The van der Waals surface area contributed by atoms with Crippen LogP contribution in [0.3, 0.4) is 0 Å². The molecule has 0 aromatic carbocycles. The minimum Gasteiger partial charge on any atom is -0.396 e. The molecule has 0 saturated heterocycles. The van der Waals surface area contributed by atoms with E-state index < -0.39 is 0 Å². The van der Waals surface area contributed by atoms with Gasteiger partial charge >= 0.3 is 0 Å². The average Bonchev–Trinajstić information content (AvgIpc) is 2.63. The Hall–Kier alpha value is -0.0400. The van der Waals surface area contributed by atoms with Gasteiger partial charge in [-0.2, -0.15) is 0 Å². The summed E-state index contributed by atoms with van der Waals surface area (Å²) in [4.78, 5) is 0. The first-order chi connectivity index (χ1) is 12.3. The van der Waals surface area contributed by atoms with Gasteiger partial charge in [-0.1, -0.05) is 143 Å². The molecule has 0 aromatic heterocycles. The summed E-state index contributed by atoms with van der Waals surface area (Å²) in [5.41, 5.74) is 0. The topological polar surface area (TPSA) is 20.2 Å². The Kier molecular flexibility index (Phi) is 31.3. The van der Waals surface area contributed by atoms with Crippen LogP contribution in [0.5, 0.6) is 0 Å². The summed E-state index contributed by atoms with van der Waals surface area (Å²) in [7, 11) is 0. The number of hydrogen-bond acceptors (Lipinski definition) is 1. The second kappa shape index (κ2) is 28.8. The molecule has 0 aromatic rings. The molecule has 1 heteroatoms. The largest absolute Gasteiger partial charge is 0.396 e. The third-order valence-electron chi connectivity index (χ3n) is 4.97. The van der Waals surface area contributed by atoms with Crippen molar-refractivity contribution in [2.45, 2.75) is 149 Å². The van der Waals surface area contributed by atoms with Crippen molar-refractivity contribution in [3.05, 3.63) is 0 Å². The van der Waals surface area contributed by atoms with Crippen molar-refractivity contribution in [1.29, 1.82) is 0 Å². The predicted molar refractivity (Wildman–Crippen MR) is 116 cm³/mol. The zero-order valence-corrected chi connectivity index (χ0v) is 18.3. The lowest BCUT2D eigenvalue weighted by atomic mass is 10.1. The van der Waals surface area contributed by atoms with Crippen molar-refractivity contribution in [2.75, 3.05) is 6.61 Å². The van der Waals surface area contributed by atoms with Gasteiger partial charge in [-0.05, 0) is 6.42 Å². The Morgan fingerprint density at radius 2 is 0.520 bits per heavy atom. The zero-order valence-electron chi connectivity index (χ0n) is 18.3. The van der Waals surface area contributed by atoms with Gasteiger partial charge in [0.25, 0.3) is 0 Å². The van der Waals surface area contributed by atoms with Gasteiger partial charge in [-0.25, -0.2) is 0 Å². The molecule has 0 fully saturated rings. The van der Waals surface area contributed by atoms with Crippen LogP contribution >= 0.6 is 0 Å². The third-order valence-corrected chi connectivity index (χ3v) is 4.97. The summed E-state index contributed by atoms with van der Waals surface area (Å²) in [5, 5.41) is 8.61. The van der Waals surface area contributed by atoms with Gasteiger partial charge in [0.15, 0.2) is 0 Å². The fourth-order valence-corrected chi connectivity index (χ4v) is 3.16. The molecule has 0 aliphatic rings. The van der Waals surface area contributed by atoms with Crippen molar-refractivity contribution < 1.29 is 5.11 Å². The lowest BCUT2D eigenvalue weighted by Crippen LogP contribution is -1.84. The van der Waals surface area contributed by atoms with E-state index >= 15 is 0 Å². The SMILES string of the molecule is CCCCCCCCCC.CCCCCCCCCCCCCCO. The molecule has 0 atom stereocenters. The lowest BCUT2D eigenvalue weighted by molar-refractivity contribution is 0.282. The van der Waals surface area contributed by atoms with Crippen LogP contribution in [0.4, 0.5) is 0 Å². The first kappa shape index (κ1) is 27.2. The first-order valence-electron chi connectivity index (χ1n) is 11.9. The van der Waals surface area contributed by atoms with Crippen LogP contribution in [-0.2, 0) is 0 Å². The minimum absolute atomic E-state index is 0.372. The molecule has 0 aliphatic heterocycles. The molecule has 154 valence electrons. The van der Waals surface area contributed by atoms with Crippen LogP contribution in [0.1, 0.15) is 149 Å². The van der Waals surface area contributed by atoms with Crippen molar-refractivity contribution in [3.8, 4) is 0 Å². The molecule has 0 unspecified atom stereocenters. The number of rotatable bonds is 19. The molecular formula is C24H52O. The highest BCUT2D eigenvalue weighted by Gasteiger charge is 1.92. The van der Waals surface area contributed by atoms with Crippen molar-refractivity contribution in [3.63, 3.8) is 0 Å². The summed E-state index contributed by atoms with van der Waals surface area (Å²) < 4.78 is 0. The Morgan fingerprint density at radius 3 is 0.720 bits per heavy atom. The maximum absolute atomic E-state index is 8.61. The van der Waals surface area contributed by atoms with Gasteiger partial charge < -0.3 is 5.11 Å². The van der Waals surface area contributed by atoms with Crippen LogP contribution in [0.2, 0.25) is 0 Å². The highest BCUT2D eigenvalue weighted by atomic mass is 16.2. The molecule has 0 saturated carbocycles. The van der Waals surface area contributed by atoms with E-state index in [2.05, 4.69) is 20.8 Å². The average molecular weight is 357 g/mol. The quantitative estimate of drug-likeness (QED) is 0.229. The molecule has 1 nitrogen and oxygen atoms in total. The number of unbranched alkanes of at least 4 members (excludes halogenated alkanes) is 18.